The number of halogens is 2. The molecule has 9 heteroatoms. The van der Waals surface area contributed by atoms with Gasteiger partial charge in [0.2, 0.25) is 5.91 Å². The van der Waals surface area contributed by atoms with Gasteiger partial charge >= 0.3 is 0 Å². The number of aliphatic imine (C=N–C) groups is 1. The molecular weight excluding hydrogens is 591 g/mol. The molecule has 0 bridgehead atoms. The standard InChI is InChI=1S/C32H29ClFN3O2.C2H3NO.C2H6/c1-3-16-35-22(2)9-8-17-36-30(38)20-23-10-4-5-12-28(23)31(39)37-32(14-15-32)25-18-24(19-26(33)21-25)27-11-6-7-13-29(27)34;3-1-2-4;1-2/h3-7,10-13,16,18-19,21H,14-15,17,20H2,1-2H3,(H,36,38)(H,37,39);1H,3H2;1-2H3/b16-3-,35-22?;;. The van der Waals surface area contributed by atoms with Crippen LogP contribution in [0.4, 0.5) is 4.39 Å². The molecule has 0 unspecified atom stereocenters. The molecule has 45 heavy (non-hydrogen) atoms. The molecule has 4 N–H and O–H groups in total. The van der Waals surface area contributed by atoms with Crippen LogP contribution in [0, 0.1) is 17.7 Å². The molecule has 4 rings (SSSR count). The van der Waals surface area contributed by atoms with E-state index in [1.807, 2.05) is 39.0 Å². The summed E-state index contributed by atoms with van der Waals surface area (Å²) in [6, 6.07) is 19.0. The third-order valence-corrected chi connectivity index (χ3v) is 6.70. The number of benzene rings is 3. The minimum atomic E-state index is -0.598. The summed E-state index contributed by atoms with van der Waals surface area (Å²) in [5.41, 5.74) is 7.50. The van der Waals surface area contributed by atoms with E-state index in [0.717, 1.165) is 24.6 Å². The van der Waals surface area contributed by atoms with Crippen molar-refractivity contribution in [2.24, 2.45) is 10.7 Å². The molecule has 2 amide bonds. The van der Waals surface area contributed by atoms with Crippen molar-refractivity contribution in [2.45, 2.75) is 52.5 Å². The van der Waals surface area contributed by atoms with Crippen LogP contribution >= 0.6 is 11.6 Å². The predicted molar refractivity (Wildman–Crippen MR) is 180 cm³/mol. The molecule has 3 aromatic rings. The average Bonchev–Trinajstić information content (AvgIpc) is 3.84. The Morgan fingerprint density at radius 2 is 1.76 bits per heavy atom. The van der Waals surface area contributed by atoms with Crippen molar-refractivity contribution in [3.8, 4) is 23.0 Å². The summed E-state index contributed by atoms with van der Waals surface area (Å²) in [7, 11) is 0. The lowest BCUT2D eigenvalue weighted by atomic mass is 9.96. The minimum absolute atomic E-state index is 0.0402. The summed E-state index contributed by atoms with van der Waals surface area (Å²) in [6.45, 7) is 7.84. The van der Waals surface area contributed by atoms with E-state index < -0.39 is 5.54 Å². The van der Waals surface area contributed by atoms with Gasteiger partial charge < -0.3 is 16.4 Å². The van der Waals surface area contributed by atoms with Gasteiger partial charge in [0.1, 0.15) is 11.8 Å². The molecule has 1 aliphatic carbocycles. The van der Waals surface area contributed by atoms with Gasteiger partial charge in [0.05, 0.1) is 30.4 Å². The third kappa shape index (κ3) is 11.2. The van der Waals surface area contributed by atoms with E-state index in [-0.39, 0.29) is 30.6 Å². The highest BCUT2D eigenvalue weighted by molar-refractivity contribution is 6.31. The van der Waals surface area contributed by atoms with Crippen molar-refractivity contribution >= 4 is 35.1 Å². The Bertz CT molecular complexity index is 1650. The predicted octanol–water partition coefficient (Wildman–Crippen LogP) is 6.54. The Kier molecular flexibility index (Phi) is 15.0. The van der Waals surface area contributed by atoms with Crippen LogP contribution in [0.2, 0.25) is 5.02 Å². The first kappa shape index (κ1) is 36.2. The van der Waals surface area contributed by atoms with Gasteiger partial charge in [0.25, 0.3) is 5.91 Å². The van der Waals surface area contributed by atoms with Gasteiger partial charge in [-0.25, -0.2) is 9.18 Å². The van der Waals surface area contributed by atoms with Crippen LogP contribution in [-0.4, -0.2) is 30.0 Å². The lowest BCUT2D eigenvalue weighted by Crippen LogP contribution is -2.36. The van der Waals surface area contributed by atoms with Crippen LogP contribution in [0.5, 0.6) is 0 Å². The van der Waals surface area contributed by atoms with Gasteiger partial charge in [-0.3, -0.25) is 14.6 Å². The van der Waals surface area contributed by atoms with Crippen molar-refractivity contribution in [3.05, 3.63) is 113 Å². The first-order valence-electron chi connectivity index (χ1n) is 14.5. The van der Waals surface area contributed by atoms with E-state index in [0.29, 0.717) is 33.0 Å². The van der Waals surface area contributed by atoms with Crippen molar-refractivity contribution in [1.29, 1.82) is 0 Å². The van der Waals surface area contributed by atoms with Gasteiger partial charge in [-0.1, -0.05) is 73.8 Å². The maximum absolute atomic E-state index is 14.4. The SMILES string of the molecule is C/C=C\N=C(C)C#CCNC(=O)Cc1ccccc1C(=O)NC1(c2cc(Cl)cc(-c3ccccc3F)c2)CC1.CC.NC=C=O. The molecule has 1 fully saturated rings. The van der Waals surface area contributed by atoms with Crippen LogP contribution in [-0.2, 0) is 21.5 Å². The number of rotatable bonds is 8. The van der Waals surface area contributed by atoms with Gasteiger partial charge in [0.15, 0.2) is 0 Å². The van der Waals surface area contributed by atoms with Gasteiger partial charge in [-0.05, 0) is 79.6 Å². The van der Waals surface area contributed by atoms with E-state index in [2.05, 4.69) is 33.2 Å². The van der Waals surface area contributed by atoms with Crippen molar-refractivity contribution in [2.75, 3.05) is 6.54 Å². The number of carbonyl (C=O) groups is 2. The molecule has 0 aliphatic heterocycles. The first-order chi connectivity index (χ1) is 21.7. The number of nitrogens with one attached hydrogen (secondary N) is 2. The molecule has 1 aliphatic rings. The van der Waals surface area contributed by atoms with Gasteiger partial charge in [-0.15, -0.1) is 0 Å². The van der Waals surface area contributed by atoms with Crippen LogP contribution in [0.3, 0.4) is 0 Å². The van der Waals surface area contributed by atoms with Crippen LogP contribution in [0.1, 0.15) is 62.0 Å². The lowest BCUT2D eigenvalue weighted by Gasteiger charge is -2.21. The van der Waals surface area contributed by atoms with Crippen molar-refractivity contribution in [3.63, 3.8) is 0 Å². The zero-order valence-corrected chi connectivity index (χ0v) is 26.7. The monoisotopic (exact) mass is 628 g/mol. The van der Waals surface area contributed by atoms with Crippen LogP contribution in [0.15, 0.2) is 90.2 Å². The summed E-state index contributed by atoms with van der Waals surface area (Å²) < 4.78 is 14.4. The zero-order chi connectivity index (χ0) is 33.2. The second-order valence-electron chi connectivity index (χ2n) is 9.64. The maximum atomic E-state index is 14.4. The molecule has 7 nitrogen and oxygen atoms in total. The Labute approximate surface area is 269 Å². The Morgan fingerprint density at radius 3 is 2.40 bits per heavy atom. The molecule has 0 aromatic heterocycles. The molecule has 3 aromatic carbocycles. The van der Waals surface area contributed by atoms with Crippen molar-refractivity contribution in [1.82, 2.24) is 10.6 Å². The molecule has 1 saturated carbocycles. The molecule has 0 radical (unpaired) electrons. The summed E-state index contributed by atoms with van der Waals surface area (Å²) in [5, 5.41) is 6.38. The summed E-state index contributed by atoms with van der Waals surface area (Å²) in [5.74, 6) is 6.22. The van der Waals surface area contributed by atoms with E-state index >= 15 is 0 Å². The molecule has 0 heterocycles. The van der Waals surface area contributed by atoms with E-state index in [1.165, 1.54) is 12.0 Å². The number of amides is 2. The Morgan fingerprint density at radius 1 is 1.09 bits per heavy atom. The number of hydrogen-bond donors (Lipinski definition) is 3. The molecule has 0 atom stereocenters. The smallest absolute Gasteiger partial charge is 0.252 e. The Balaban J connectivity index is 0.00000109. The van der Waals surface area contributed by atoms with Crippen LogP contribution in [0.25, 0.3) is 11.1 Å². The summed E-state index contributed by atoms with van der Waals surface area (Å²) >= 11 is 6.42. The van der Waals surface area contributed by atoms with Gasteiger partial charge in [-0.2, -0.15) is 0 Å². The number of carbonyl (C=O) groups excluding carboxylic acids is 3. The van der Waals surface area contributed by atoms with Crippen molar-refractivity contribution < 1.29 is 18.8 Å². The highest BCUT2D eigenvalue weighted by atomic mass is 35.5. The number of allylic oxidation sites excluding steroid dienone is 1. The second kappa shape index (κ2) is 18.6. The number of nitrogens with zero attached hydrogens (tertiary/aromatic N) is 1. The number of hydrogen-bond acceptors (Lipinski definition) is 5. The zero-order valence-electron chi connectivity index (χ0n) is 25.9. The number of nitrogens with two attached hydrogens (primary N) is 1. The Hall–Kier alpha value is -4.96. The van der Waals surface area contributed by atoms with E-state index in [9.17, 15) is 14.0 Å². The maximum Gasteiger partial charge on any atom is 0.252 e. The summed E-state index contributed by atoms with van der Waals surface area (Å²) in [4.78, 5) is 39.0. The van der Waals surface area contributed by atoms with Crippen LogP contribution < -0.4 is 16.4 Å². The highest BCUT2D eigenvalue weighted by Crippen LogP contribution is 2.47. The lowest BCUT2D eigenvalue weighted by molar-refractivity contribution is -0.120. The first-order valence-corrected chi connectivity index (χ1v) is 14.9. The topological polar surface area (TPSA) is 114 Å². The molecular formula is C36H38ClFN4O3. The minimum Gasteiger partial charge on any atom is -0.396 e. The molecule has 234 valence electrons. The second-order valence-corrected chi connectivity index (χ2v) is 10.1. The fourth-order valence-electron chi connectivity index (χ4n) is 4.28. The normalized spacial score (nSPS) is 12.5. The third-order valence-electron chi connectivity index (χ3n) is 6.48. The summed E-state index contributed by atoms with van der Waals surface area (Å²) in [6.07, 6.45) is 5.79. The average molecular weight is 629 g/mol. The highest BCUT2D eigenvalue weighted by Gasteiger charge is 2.46. The van der Waals surface area contributed by atoms with E-state index in [4.69, 9.17) is 16.4 Å². The molecule has 0 spiro atoms. The van der Waals surface area contributed by atoms with E-state index in [1.54, 1.807) is 61.7 Å². The largest absolute Gasteiger partial charge is 0.396 e. The fourth-order valence-corrected chi connectivity index (χ4v) is 4.51. The van der Waals surface area contributed by atoms with Gasteiger partial charge in [0, 0.05) is 22.3 Å². The molecule has 0 saturated heterocycles. The fraction of sp³-hybridized carbons (Fsp3) is 0.250. The quantitative estimate of drug-likeness (QED) is 0.149.